The number of nitrogens with one attached hydrogen (secondary N) is 1. The number of aryl methyl sites for hydroxylation is 1. The average molecular weight is 461 g/mol. The number of ether oxygens (including phenoxy) is 1. The van der Waals surface area contributed by atoms with Crippen molar-refractivity contribution < 1.29 is 4.74 Å². The fourth-order valence-corrected chi connectivity index (χ4v) is 5.78. The van der Waals surface area contributed by atoms with Gasteiger partial charge in [0, 0.05) is 24.8 Å². The maximum absolute atomic E-state index is 13.2. The van der Waals surface area contributed by atoms with Crippen LogP contribution in [-0.4, -0.2) is 55.8 Å². The number of aromatic amines is 1. The summed E-state index contributed by atoms with van der Waals surface area (Å²) in [5.74, 6) is 1.53. The lowest BCUT2D eigenvalue weighted by Crippen LogP contribution is -2.42. The Morgan fingerprint density at radius 1 is 1.18 bits per heavy atom. The largest absolute Gasteiger partial charge is 0.493 e. The molecule has 2 fully saturated rings. The molecule has 4 aromatic rings. The Balaban J connectivity index is 1.40. The van der Waals surface area contributed by atoms with Crippen LogP contribution in [0.5, 0.6) is 5.75 Å². The number of hydrogen-bond donors (Lipinski definition) is 1. The molecule has 178 valence electrons. The van der Waals surface area contributed by atoms with Gasteiger partial charge >= 0.3 is 5.69 Å². The van der Waals surface area contributed by atoms with Gasteiger partial charge in [-0.15, -0.1) is 0 Å². The molecular formula is C26H32N6O2. The van der Waals surface area contributed by atoms with E-state index < -0.39 is 0 Å². The zero-order valence-corrected chi connectivity index (χ0v) is 20.0. The molecule has 2 aliphatic rings. The summed E-state index contributed by atoms with van der Waals surface area (Å²) in [6.45, 7) is 5.46. The van der Waals surface area contributed by atoms with Crippen molar-refractivity contribution in [2.24, 2.45) is 5.92 Å². The molecule has 1 saturated carbocycles. The van der Waals surface area contributed by atoms with Crippen molar-refractivity contribution in [2.75, 3.05) is 26.7 Å². The second kappa shape index (κ2) is 8.58. The topological polar surface area (TPSA) is 80.5 Å². The third kappa shape index (κ3) is 3.60. The minimum absolute atomic E-state index is 0.00555. The van der Waals surface area contributed by atoms with Crippen LogP contribution in [0.4, 0.5) is 0 Å². The van der Waals surface area contributed by atoms with Gasteiger partial charge < -0.3 is 14.6 Å². The molecule has 1 aromatic carbocycles. The quantitative estimate of drug-likeness (QED) is 0.470. The highest BCUT2D eigenvalue weighted by Crippen LogP contribution is 2.34. The number of fused-ring (bicyclic) bond motifs is 2. The number of likely N-dealkylation sites (tertiary alicyclic amines) is 1. The van der Waals surface area contributed by atoms with Crippen molar-refractivity contribution in [2.45, 2.75) is 51.5 Å². The summed E-state index contributed by atoms with van der Waals surface area (Å²) in [5, 5.41) is 4.31. The summed E-state index contributed by atoms with van der Waals surface area (Å²) < 4.78 is 9.33. The summed E-state index contributed by atoms with van der Waals surface area (Å²) in [7, 11) is 1.65. The lowest BCUT2D eigenvalue weighted by molar-refractivity contribution is 0.127. The van der Waals surface area contributed by atoms with E-state index in [0.29, 0.717) is 11.4 Å². The van der Waals surface area contributed by atoms with E-state index in [1.165, 1.54) is 37.7 Å². The Morgan fingerprint density at radius 2 is 2.06 bits per heavy atom. The molecule has 6 rings (SSSR count). The minimum Gasteiger partial charge on any atom is -0.493 e. The predicted molar refractivity (Wildman–Crippen MR) is 133 cm³/mol. The second-order valence-corrected chi connectivity index (χ2v) is 9.86. The molecule has 0 radical (unpaired) electrons. The fourth-order valence-electron chi connectivity index (χ4n) is 5.78. The highest BCUT2D eigenvalue weighted by molar-refractivity contribution is 5.85. The van der Waals surface area contributed by atoms with E-state index in [4.69, 9.17) is 4.74 Å². The van der Waals surface area contributed by atoms with Crippen molar-refractivity contribution in [3.8, 4) is 16.9 Å². The van der Waals surface area contributed by atoms with Gasteiger partial charge in [0.05, 0.1) is 24.2 Å². The van der Waals surface area contributed by atoms with Crippen molar-refractivity contribution in [3.05, 3.63) is 46.8 Å². The molecule has 1 aliphatic carbocycles. The van der Waals surface area contributed by atoms with Crippen LogP contribution in [0, 0.1) is 5.92 Å². The number of nitrogens with zero attached hydrogens (tertiary/aromatic N) is 5. The Labute approximate surface area is 198 Å². The third-order valence-electron chi connectivity index (χ3n) is 7.78. The number of piperidine rings is 1. The number of H-pyrrole nitrogens is 1. The SMILES string of the molecule is CCc1cc2c(cc1-c1cc(OC)c3ncnn3c1)[nH]c(=O)n2[C@@H]1CCCN(CC2CCC2)C1. The number of aromatic nitrogens is 5. The van der Waals surface area contributed by atoms with E-state index in [2.05, 4.69) is 39.0 Å². The molecule has 1 atom stereocenters. The van der Waals surface area contributed by atoms with Crippen LogP contribution in [0.1, 0.15) is 50.6 Å². The van der Waals surface area contributed by atoms with E-state index in [0.717, 1.165) is 60.4 Å². The van der Waals surface area contributed by atoms with Crippen molar-refractivity contribution in [1.82, 2.24) is 29.0 Å². The highest BCUT2D eigenvalue weighted by atomic mass is 16.5. The summed E-state index contributed by atoms with van der Waals surface area (Å²) >= 11 is 0. The van der Waals surface area contributed by atoms with E-state index in [1.807, 2.05) is 16.8 Å². The van der Waals surface area contributed by atoms with E-state index in [1.54, 1.807) is 11.6 Å². The number of rotatable bonds is 6. The molecule has 3 aromatic heterocycles. The van der Waals surface area contributed by atoms with E-state index in [9.17, 15) is 4.79 Å². The lowest BCUT2D eigenvalue weighted by Gasteiger charge is -2.37. The first-order valence-electron chi connectivity index (χ1n) is 12.5. The summed E-state index contributed by atoms with van der Waals surface area (Å²) in [6, 6.07) is 6.53. The normalized spacial score (nSPS) is 19.6. The summed E-state index contributed by atoms with van der Waals surface area (Å²) in [6.07, 6.45) is 10.7. The Hall–Kier alpha value is -3.13. The van der Waals surface area contributed by atoms with E-state index in [-0.39, 0.29) is 11.7 Å². The minimum atomic E-state index is -0.00555. The van der Waals surface area contributed by atoms with Gasteiger partial charge in [0.15, 0.2) is 11.4 Å². The van der Waals surface area contributed by atoms with Crippen LogP contribution < -0.4 is 10.4 Å². The fraction of sp³-hybridized carbons (Fsp3) is 0.500. The van der Waals surface area contributed by atoms with E-state index >= 15 is 0 Å². The molecule has 1 aliphatic heterocycles. The van der Waals surface area contributed by atoms with Gasteiger partial charge in [0.1, 0.15) is 6.33 Å². The van der Waals surface area contributed by atoms with Crippen LogP contribution in [0.25, 0.3) is 27.8 Å². The monoisotopic (exact) mass is 460 g/mol. The maximum Gasteiger partial charge on any atom is 0.326 e. The van der Waals surface area contributed by atoms with Crippen LogP contribution in [0.2, 0.25) is 0 Å². The Bertz CT molecular complexity index is 1400. The molecule has 34 heavy (non-hydrogen) atoms. The van der Waals surface area contributed by atoms with Crippen LogP contribution >= 0.6 is 0 Å². The second-order valence-electron chi connectivity index (χ2n) is 9.86. The number of methoxy groups -OCH3 is 1. The number of hydrogen-bond acceptors (Lipinski definition) is 5. The Kier molecular flexibility index (Phi) is 5.40. The summed E-state index contributed by atoms with van der Waals surface area (Å²) in [5.41, 5.74) is 5.84. The van der Waals surface area contributed by atoms with Gasteiger partial charge in [-0.1, -0.05) is 13.3 Å². The molecule has 1 saturated heterocycles. The van der Waals surface area contributed by atoms with Gasteiger partial charge in [-0.3, -0.25) is 4.57 Å². The third-order valence-corrected chi connectivity index (χ3v) is 7.78. The number of pyridine rings is 1. The molecule has 0 bridgehead atoms. The molecule has 0 amide bonds. The molecular weight excluding hydrogens is 428 g/mol. The molecule has 1 N–H and O–H groups in total. The smallest absolute Gasteiger partial charge is 0.326 e. The Morgan fingerprint density at radius 3 is 2.82 bits per heavy atom. The first-order valence-corrected chi connectivity index (χ1v) is 12.5. The first kappa shape index (κ1) is 21.4. The zero-order chi connectivity index (χ0) is 23.2. The van der Waals surface area contributed by atoms with Crippen LogP contribution in [0.15, 0.2) is 35.5 Å². The number of imidazole rings is 1. The van der Waals surface area contributed by atoms with Gasteiger partial charge in [-0.25, -0.2) is 14.3 Å². The predicted octanol–water partition coefficient (Wildman–Crippen LogP) is 4.05. The number of benzene rings is 1. The van der Waals surface area contributed by atoms with Crippen LogP contribution in [0.3, 0.4) is 0 Å². The van der Waals surface area contributed by atoms with Gasteiger partial charge in [-0.2, -0.15) is 5.10 Å². The van der Waals surface area contributed by atoms with Gasteiger partial charge in [0.2, 0.25) is 0 Å². The van der Waals surface area contributed by atoms with Gasteiger partial charge in [-0.05, 0) is 73.9 Å². The standard InChI is InChI=1S/C26H32N6O2/c1-3-18-10-23-22(12-21(18)19-11-24(34-2)25-27-16-28-31(25)14-19)29-26(33)32(23)20-8-5-9-30(15-20)13-17-6-4-7-17/h10-12,14,16-17,20H,3-9,13,15H2,1-2H3,(H,29,33)/t20-/m1/s1. The average Bonchev–Trinajstić information content (AvgIpc) is 3.43. The lowest BCUT2D eigenvalue weighted by atomic mass is 9.84. The van der Waals surface area contributed by atoms with Gasteiger partial charge in [0.25, 0.3) is 0 Å². The van der Waals surface area contributed by atoms with Crippen molar-refractivity contribution >= 4 is 16.7 Å². The molecule has 0 spiro atoms. The van der Waals surface area contributed by atoms with Crippen molar-refractivity contribution in [1.29, 1.82) is 0 Å². The van der Waals surface area contributed by atoms with Crippen LogP contribution in [-0.2, 0) is 6.42 Å². The van der Waals surface area contributed by atoms with Crippen molar-refractivity contribution in [3.63, 3.8) is 0 Å². The molecule has 8 heteroatoms. The molecule has 4 heterocycles. The molecule has 8 nitrogen and oxygen atoms in total. The molecule has 0 unspecified atom stereocenters. The summed E-state index contributed by atoms with van der Waals surface area (Å²) in [4.78, 5) is 23.2. The maximum atomic E-state index is 13.2. The zero-order valence-electron chi connectivity index (χ0n) is 20.0. The highest BCUT2D eigenvalue weighted by Gasteiger charge is 2.28. The first-order chi connectivity index (χ1) is 16.6.